The number of carbonyl (C=O) groups is 3. The first-order valence-corrected chi connectivity index (χ1v) is 8.52. The molecule has 0 bridgehead atoms. The van der Waals surface area contributed by atoms with Crippen molar-refractivity contribution in [3.63, 3.8) is 0 Å². The van der Waals surface area contributed by atoms with Gasteiger partial charge >= 0.3 is 12.0 Å². The fourth-order valence-corrected chi connectivity index (χ4v) is 2.65. The number of nitrogens with zero attached hydrogens (tertiary/aromatic N) is 1. The fourth-order valence-electron chi connectivity index (χ4n) is 2.65. The summed E-state index contributed by atoms with van der Waals surface area (Å²) in [5.41, 5.74) is 1.24. The van der Waals surface area contributed by atoms with Crippen LogP contribution in [-0.4, -0.2) is 30.6 Å². The SMILES string of the molecule is N#Cc1ccc(/C=C/C(=O)OCC(=O)NC(=O)NC2CCCCC2)cc1. The molecule has 1 fully saturated rings. The van der Waals surface area contributed by atoms with Crippen molar-refractivity contribution in [3.8, 4) is 6.07 Å². The lowest BCUT2D eigenvalue weighted by molar-refractivity contribution is -0.143. The van der Waals surface area contributed by atoms with Gasteiger partial charge in [0.15, 0.2) is 6.61 Å². The molecule has 3 amide bonds. The van der Waals surface area contributed by atoms with Crippen LogP contribution in [0.5, 0.6) is 0 Å². The van der Waals surface area contributed by atoms with Crippen molar-refractivity contribution in [3.05, 3.63) is 41.5 Å². The predicted molar refractivity (Wildman–Crippen MR) is 94.7 cm³/mol. The Kier molecular flexibility index (Phi) is 7.37. The van der Waals surface area contributed by atoms with Crippen molar-refractivity contribution in [2.24, 2.45) is 0 Å². The largest absolute Gasteiger partial charge is 0.452 e. The summed E-state index contributed by atoms with van der Waals surface area (Å²) in [7, 11) is 0. The first-order valence-electron chi connectivity index (χ1n) is 8.52. The first-order chi connectivity index (χ1) is 12.6. The number of hydrogen-bond acceptors (Lipinski definition) is 5. The Morgan fingerprint density at radius 3 is 2.50 bits per heavy atom. The second kappa shape index (κ2) is 9.99. The van der Waals surface area contributed by atoms with Gasteiger partial charge in [-0.3, -0.25) is 10.1 Å². The average Bonchev–Trinajstić information content (AvgIpc) is 2.65. The second-order valence-electron chi connectivity index (χ2n) is 6.03. The molecule has 136 valence electrons. The Morgan fingerprint density at radius 2 is 1.85 bits per heavy atom. The molecule has 0 aromatic heterocycles. The monoisotopic (exact) mass is 355 g/mol. The number of imide groups is 1. The number of urea groups is 1. The zero-order chi connectivity index (χ0) is 18.8. The molecule has 0 spiro atoms. The van der Waals surface area contributed by atoms with Crippen LogP contribution in [-0.2, 0) is 14.3 Å². The van der Waals surface area contributed by atoms with Crippen LogP contribution in [0.15, 0.2) is 30.3 Å². The van der Waals surface area contributed by atoms with Crippen LogP contribution in [0.1, 0.15) is 43.2 Å². The molecule has 0 atom stereocenters. The van der Waals surface area contributed by atoms with Gasteiger partial charge in [0.1, 0.15) is 0 Å². The first kappa shape index (κ1) is 19.2. The van der Waals surface area contributed by atoms with Crippen LogP contribution in [0.25, 0.3) is 6.08 Å². The fraction of sp³-hybridized carbons (Fsp3) is 0.368. The molecule has 0 unspecified atom stereocenters. The molecule has 1 aromatic rings. The molecule has 1 saturated carbocycles. The molecule has 0 aliphatic heterocycles. The maximum Gasteiger partial charge on any atom is 0.331 e. The van der Waals surface area contributed by atoms with Crippen LogP contribution < -0.4 is 10.6 Å². The van der Waals surface area contributed by atoms with Crippen molar-refractivity contribution in [2.45, 2.75) is 38.1 Å². The Morgan fingerprint density at radius 1 is 1.15 bits per heavy atom. The molecule has 2 N–H and O–H groups in total. The molecule has 1 aliphatic rings. The van der Waals surface area contributed by atoms with Gasteiger partial charge in [-0.25, -0.2) is 9.59 Å². The maximum atomic E-state index is 11.7. The summed E-state index contributed by atoms with van der Waals surface area (Å²) in [5, 5.41) is 13.6. The molecular formula is C19H21N3O4. The lowest BCUT2D eigenvalue weighted by Gasteiger charge is -2.22. The minimum Gasteiger partial charge on any atom is -0.452 e. The van der Waals surface area contributed by atoms with Gasteiger partial charge in [-0.2, -0.15) is 5.26 Å². The van der Waals surface area contributed by atoms with Crippen LogP contribution in [0, 0.1) is 11.3 Å². The lowest BCUT2D eigenvalue weighted by Crippen LogP contribution is -2.46. The maximum absolute atomic E-state index is 11.7. The summed E-state index contributed by atoms with van der Waals surface area (Å²) < 4.78 is 4.79. The number of rotatable bonds is 5. The molecular weight excluding hydrogens is 334 g/mol. The minimum atomic E-state index is -0.697. The van der Waals surface area contributed by atoms with Gasteiger partial charge in [-0.05, 0) is 36.6 Å². The summed E-state index contributed by atoms with van der Waals surface area (Å²) in [6, 6.07) is 8.16. The zero-order valence-electron chi connectivity index (χ0n) is 14.4. The normalized spacial score (nSPS) is 14.4. The molecule has 0 radical (unpaired) electrons. The van der Waals surface area contributed by atoms with E-state index < -0.39 is 24.5 Å². The number of benzene rings is 1. The van der Waals surface area contributed by atoms with Crippen LogP contribution in [0.2, 0.25) is 0 Å². The van der Waals surface area contributed by atoms with Crippen molar-refractivity contribution < 1.29 is 19.1 Å². The van der Waals surface area contributed by atoms with E-state index in [2.05, 4.69) is 10.6 Å². The smallest absolute Gasteiger partial charge is 0.331 e. The van der Waals surface area contributed by atoms with Crippen LogP contribution in [0.3, 0.4) is 0 Å². The van der Waals surface area contributed by atoms with E-state index in [1.165, 1.54) is 18.6 Å². The molecule has 7 nitrogen and oxygen atoms in total. The molecule has 0 saturated heterocycles. The van der Waals surface area contributed by atoms with E-state index in [9.17, 15) is 14.4 Å². The van der Waals surface area contributed by atoms with Gasteiger partial charge in [0, 0.05) is 12.1 Å². The summed E-state index contributed by atoms with van der Waals surface area (Å²) in [5.74, 6) is -1.38. The topological polar surface area (TPSA) is 108 Å². The van der Waals surface area contributed by atoms with Gasteiger partial charge in [-0.1, -0.05) is 31.4 Å². The van der Waals surface area contributed by atoms with E-state index in [0.29, 0.717) is 5.56 Å². The van der Waals surface area contributed by atoms with E-state index in [-0.39, 0.29) is 6.04 Å². The molecule has 1 aromatic carbocycles. The summed E-state index contributed by atoms with van der Waals surface area (Å²) >= 11 is 0. The number of ether oxygens (including phenoxy) is 1. The third-order valence-corrected chi connectivity index (χ3v) is 3.99. The Labute approximate surface area is 152 Å². The number of esters is 1. The van der Waals surface area contributed by atoms with Gasteiger partial charge < -0.3 is 10.1 Å². The van der Waals surface area contributed by atoms with E-state index in [0.717, 1.165) is 31.2 Å². The highest BCUT2D eigenvalue weighted by Crippen LogP contribution is 2.17. The Bertz CT molecular complexity index is 713. The summed E-state index contributed by atoms with van der Waals surface area (Å²) in [6.07, 6.45) is 7.83. The number of amides is 3. The minimum absolute atomic E-state index is 0.0921. The number of nitrogens with one attached hydrogen (secondary N) is 2. The van der Waals surface area contributed by atoms with Gasteiger partial charge in [-0.15, -0.1) is 0 Å². The Hall–Kier alpha value is -3.14. The average molecular weight is 355 g/mol. The highest BCUT2D eigenvalue weighted by molar-refractivity contribution is 5.96. The predicted octanol–water partition coefficient (Wildman–Crippen LogP) is 2.27. The molecule has 7 heteroatoms. The third-order valence-electron chi connectivity index (χ3n) is 3.99. The molecule has 1 aliphatic carbocycles. The standard InChI is InChI=1S/C19H21N3O4/c20-12-15-8-6-14(7-9-15)10-11-18(24)26-13-17(23)22-19(25)21-16-4-2-1-3-5-16/h6-11,16H,1-5,13H2,(H2,21,22,23,25)/b11-10+. The summed E-state index contributed by atoms with van der Waals surface area (Å²) in [4.78, 5) is 35.0. The summed E-state index contributed by atoms with van der Waals surface area (Å²) in [6.45, 7) is -0.533. The van der Waals surface area contributed by atoms with Crippen molar-refractivity contribution in [1.82, 2.24) is 10.6 Å². The highest BCUT2D eigenvalue weighted by atomic mass is 16.5. The van der Waals surface area contributed by atoms with Gasteiger partial charge in [0.2, 0.25) is 0 Å². The van der Waals surface area contributed by atoms with E-state index in [1.807, 2.05) is 6.07 Å². The quantitative estimate of drug-likeness (QED) is 0.622. The van der Waals surface area contributed by atoms with Crippen molar-refractivity contribution >= 4 is 24.0 Å². The highest BCUT2D eigenvalue weighted by Gasteiger charge is 2.17. The number of hydrogen-bond donors (Lipinski definition) is 2. The molecule has 2 rings (SSSR count). The van der Waals surface area contributed by atoms with E-state index in [1.54, 1.807) is 24.3 Å². The van der Waals surface area contributed by atoms with Crippen molar-refractivity contribution in [2.75, 3.05) is 6.61 Å². The Balaban J connectivity index is 1.68. The van der Waals surface area contributed by atoms with Crippen molar-refractivity contribution in [1.29, 1.82) is 5.26 Å². The third kappa shape index (κ3) is 6.77. The number of carbonyl (C=O) groups excluding carboxylic acids is 3. The van der Waals surface area contributed by atoms with Gasteiger partial charge in [0.25, 0.3) is 5.91 Å². The van der Waals surface area contributed by atoms with Crippen LogP contribution in [0.4, 0.5) is 4.79 Å². The molecule has 0 heterocycles. The van der Waals surface area contributed by atoms with Gasteiger partial charge in [0.05, 0.1) is 11.6 Å². The zero-order valence-corrected chi connectivity index (χ0v) is 14.4. The van der Waals surface area contributed by atoms with E-state index >= 15 is 0 Å². The van der Waals surface area contributed by atoms with Crippen LogP contribution >= 0.6 is 0 Å². The lowest BCUT2D eigenvalue weighted by atomic mass is 9.96. The van der Waals surface area contributed by atoms with E-state index in [4.69, 9.17) is 10.00 Å². The number of nitriles is 1. The molecule has 26 heavy (non-hydrogen) atoms. The second-order valence-corrected chi connectivity index (χ2v) is 6.03.